The summed E-state index contributed by atoms with van der Waals surface area (Å²) in [4.78, 5) is 12.5. The fourth-order valence-electron chi connectivity index (χ4n) is 3.18. The topological polar surface area (TPSA) is 59.8 Å². The normalized spacial score (nSPS) is 16.6. The number of amides is 1. The Labute approximate surface area is 157 Å². The molecule has 7 heteroatoms. The molecule has 1 saturated carbocycles. The van der Waals surface area contributed by atoms with Gasteiger partial charge >= 0.3 is 0 Å². The number of halogens is 1. The molecular formula is C18H23ClN4OS. The predicted molar refractivity (Wildman–Crippen MR) is 102 cm³/mol. The zero-order valence-corrected chi connectivity index (χ0v) is 16.1. The van der Waals surface area contributed by atoms with Crippen LogP contribution < -0.4 is 5.32 Å². The second-order valence-electron chi connectivity index (χ2n) is 6.45. The molecular weight excluding hydrogens is 356 g/mol. The van der Waals surface area contributed by atoms with Crippen molar-refractivity contribution in [2.45, 2.75) is 62.4 Å². The third kappa shape index (κ3) is 4.55. The third-order valence-corrected chi connectivity index (χ3v) is 5.85. The van der Waals surface area contributed by atoms with Gasteiger partial charge in [-0.1, -0.05) is 42.6 Å². The maximum atomic E-state index is 12.5. The molecule has 1 heterocycles. The van der Waals surface area contributed by atoms with Crippen LogP contribution in [-0.4, -0.2) is 25.9 Å². The minimum atomic E-state index is -0.262. The smallest absolute Gasteiger partial charge is 0.237 e. The first kappa shape index (κ1) is 18.3. The van der Waals surface area contributed by atoms with Crippen LogP contribution in [0.5, 0.6) is 0 Å². The molecule has 0 spiro atoms. The lowest BCUT2D eigenvalue weighted by Crippen LogP contribution is -2.23. The van der Waals surface area contributed by atoms with Gasteiger partial charge in [0.25, 0.3) is 0 Å². The number of hydrogen-bond donors (Lipinski definition) is 1. The van der Waals surface area contributed by atoms with E-state index in [9.17, 15) is 4.79 Å². The van der Waals surface area contributed by atoms with Crippen LogP contribution in [0.4, 0.5) is 5.69 Å². The number of rotatable bonds is 5. The van der Waals surface area contributed by atoms with Gasteiger partial charge in [-0.05, 0) is 51.0 Å². The summed E-state index contributed by atoms with van der Waals surface area (Å²) < 4.78 is 2.22. The van der Waals surface area contributed by atoms with Gasteiger partial charge in [0.2, 0.25) is 5.91 Å². The van der Waals surface area contributed by atoms with E-state index in [-0.39, 0.29) is 11.2 Å². The predicted octanol–water partition coefficient (Wildman–Crippen LogP) is 4.86. The summed E-state index contributed by atoms with van der Waals surface area (Å²) in [5.74, 6) is 0.878. The van der Waals surface area contributed by atoms with Gasteiger partial charge in [-0.3, -0.25) is 4.79 Å². The number of benzene rings is 1. The number of thioether (sulfide) groups is 1. The Balaban J connectivity index is 1.67. The van der Waals surface area contributed by atoms with E-state index in [1.54, 1.807) is 24.3 Å². The monoisotopic (exact) mass is 378 g/mol. The fraction of sp³-hybridized carbons (Fsp3) is 0.500. The van der Waals surface area contributed by atoms with Crippen molar-refractivity contribution in [3.63, 3.8) is 0 Å². The molecule has 25 heavy (non-hydrogen) atoms. The van der Waals surface area contributed by atoms with Crippen LogP contribution in [0.2, 0.25) is 5.02 Å². The van der Waals surface area contributed by atoms with E-state index >= 15 is 0 Å². The standard InChI is InChI=1S/C18H23ClN4OS/c1-12(17(24)20-15-10-8-14(19)9-11-15)25-18-22-21-13(2)23(18)16-6-4-3-5-7-16/h8-12,16H,3-7H2,1-2H3,(H,20,24). The number of hydrogen-bond acceptors (Lipinski definition) is 4. The molecule has 3 rings (SSSR count). The molecule has 1 aromatic carbocycles. The molecule has 1 fully saturated rings. The van der Waals surface area contributed by atoms with Crippen LogP contribution in [-0.2, 0) is 4.79 Å². The van der Waals surface area contributed by atoms with E-state index in [0.29, 0.717) is 11.1 Å². The molecule has 2 aromatic rings. The largest absolute Gasteiger partial charge is 0.325 e. The highest BCUT2D eigenvalue weighted by molar-refractivity contribution is 8.00. The highest BCUT2D eigenvalue weighted by atomic mass is 35.5. The van der Waals surface area contributed by atoms with Crippen molar-refractivity contribution >= 4 is 35.0 Å². The highest BCUT2D eigenvalue weighted by Gasteiger charge is 2.24. The summed E-state index contributed by atoms with van der Waals surface area (Å²) in [6.45, 7) is 3.88. The van der Waals surface area contributed by atoms with Gasteiger partial charge in [-0.25, -0.2) is 0 Å². The average molecular weight is 379 g/mol. The number of aryl methyl sites for hydroxylation is 1. The second kappa shape index (κ2) is 8.23. The maximum Gasteiger partial charge on any atom is 0.237 e. The van der Waals surface area contributed by atoms with Gasteiger partial charge in [-0.2, -0.15) is 0 Å². The summed E-state index contributed by atoms with van der Waals surface area (Å²) in [6, 6.07) is 7.58. The van der Waals surface area contributed by atoms with Crippen LogP contribution in [0, 0.1) is 6.92 Å². The molecule has 1 aliphatic rings. The molecule has 134 valence electrons. The van der Waals surface area contributed by atoms with Gasteiger partial charge < -0.3 is 9.88 Å². The molecule has 1 aliphatic carbocycles. The van der Waals surface area contributed by atoms with Crippen molar-refractivity contribution < 1.29 is 4.79 Å². The van der Waals surface area contributed by atoms with E-state index in [1.807, 2.05) is 13.8 Å². The van der Waals surface area contributed by atoms with Crippen LogP contribution in [0.25, 0.3) is 0 Å². The summed E-state index contributed by atoms with van der Waals surface area (Å²) >= 11 is 7.34. The Morgan fingerprint density at radius 1 is 1.24 bits per heavy atom. The first-order valence-corrected chi connectivity index (χ1v) is 9.95. The van der Waals surface area contributed by atoms with Crippen molar-refractivity contribution in [2.75, 3.05) is 5.32 Å². The summed E-state index contributed by atoms with van der Waals surface area (Å²) in [7, 11) is 0. The van der Waals surface area contributed by atoms with Gasteiger partial charge in [0.15, 0.2) is 5.16 Å². The first-order chi connectivity index (χ1) is 12.0. The van der Waals surface area contributed by atoms with Gasteiger partial charge in [0, 0.05) is 16.8 Å². The number of carbonyl (C=O) groups excluding carboxylic acids is 1. The Hall–Kier alpha value is -1.53. The highest BCUT2D eigenvalue weighted by Crippen LogP contribution is 2.33. The van der Waals surface area contributed by atoms with Crippen molar-refractivity contribution in [3.8, 4) is 0 Å². The number of nitrogens with one attached hydrogen (secondary N) is 1. The second-order valence-corrected chi connectivity index (χ2v) is 8.19. The van der Waals surface area contributed by atoms with Gasteiger partial charge in [0.1, 0.15) is 5.82 Å². The van der Waals surface area contributed by atoms with Gasteiger partial charge in [0.05, 0.1) is 5.25 Å². The van der Waals surface area contributed by atoms with Gasteiger partial charge in [-0.15, -0.1) is 10.2 Å². The van der Waals surface area contributed by atoms with Crippen molar-refractivity contribution in [1.29, 1.82) is 0 Å². The molecule has 5 nitrogen and oxygen atoms in total. The van der Waals surface area contributed by atoms with Crippen LogP contribution in [0.3, 0.4) is 0 Å². The Bertz CT molecular complexity index is 725. The molecule has 1 unspecified atom stereocenters. The molecule has 1 N–H and O–H groups in total. The Morgan fingerprint density at radius 3 is 2.60 bits per heavy atom. The molecule has 0 radical (unpaired) electrons. The number of carbonyl (C=O) groups is 1. The quantitative estimate of drug-likeness (QED) is 0.754. The zero-order chi connectivity index (χ0) is 17.8. The van der Waals surface area contributed by atoms with E-state index < -0.39 is 0 Å². The number of aromatic nitrogens is 3. The Kier molecular flexibility index (Phi) is 6.02. The number of nitrogens with zero attached hydrogens (tertiary/aromatic N) is 3. The number of anilines is 1. The van der Waals surface area contributed by atoms with E-state index in [4.69, 9.17) is 11.6 Å². The van der Waals surface area contributed by atoms with Crippen molar-refractivity contribution in [1.82, 2.24) is 14.8 Å². The molecule has 0 saturated heterocycles. The van der Waals surface area contributed by atoms with E-state index in [0.717, 1.165) is 29.5 Å². The molecule has 0 aliphatic heterocycles. The minimum absolute atomic E-state index is 0.0526. The lowest BCUT2D eigenvalue weighted by atomic mass is 9.95. The SMILES string of the molecule is Cc1nnc(SC(C)C(=O)Nc2ccc(Cl)cc2)n1C1CCCCC1. The summed E-state index contributed by atoms with van der Waals surface area (Å²) in [5, 5.41) is 12.7. The summed E-state index contributed by atoms with van der Waals surface area (Å²) in [5.41, 5.74) is 0.742. The molecule has 1 amide bonds. The average Bonchev–Trinajstić information content (AvgIpc) is 2.98. The third-order valence-electron chi connectivity index (χ3n) is 4.54. The maximum absolute atomic E-state index is 12.5. The van der Waals surface area contributed by atoms with E-state index in [2.05, 4.69) is 20.1 Å². The van der Waals surface area contributed by atoms with Crippen LogP contribution in [0.1, 0.15) is 50.9 Å². The van der Waals surface area contributed by atoms with Crippen molar-refractivity contribution in [2.24, 2.45) is 0 Å². The zero-order valence-electron chi connectivity index (χ0n) is 14.5. The Morgan fingerprint density at radius 2 is 1.92 bits per heavy atom. The fourth-order valence-corrected chi connectivity index (χ4v) is 4.27. The molecule has 1 aromatic heterocycles. The van der Waals surface area contributed by atoms with Crippen molar-refractivity contribution in [3.05, 3.63) is 35.1 Å². The summed E-state index contributed by atoms with van der Waals surface area (Å²) in [6.07, 6.45) is 6.13. The minimum Gasteiger partial charge on any atom is -0.325 e. The molecule has 0 bridgehead atoms. The van der Waals surface area contributed by atoms with Crippen LogP contribution in [0.15, 0.2) is 29.4 Å². The van der Waals surface area contributed by atoms with E-state index in [1.165, 1.54) is 31.0 Å². The molecule has 1 atom stereocenters. The first-order valence-electron chi connectivity index (χ1n) is 8.69. The lowest BCUT2D eigenvalue weighted by Gasteiger charge is -2.25. The lowest BCUT2D eigenvalue weighted by molar-refractivity contribution is -0.115. The van der Waals surface area contributed by atoms with Crippen LogP contribution >= 0.6 is 23.4 Å².